The fourth-order valence-corrected chi connectivity index (χ4v) is 0.629. The van der Waals surface area contributed by atoms with Crippen molar-refractivity contribution in [3.05, 3.63) is 11.7 Å². The molecule has 0 radical (unpaired) electrons. The van der Waals surface area contributed by atoms with Crippen molar-refractivity contribution in [3.63, 3.8) is 0 Å². The Labute approximate surface area is 73.3 Å². The highest BCUT2D eigenvalue weighted by Crippen LogP contribution is 1.94. The number of rotatable bonds is 3. The van der Waals surface area contributed by atoms with Gasteiger partial charge in [0.25, 0.3) is 0 Å². The lowest BCUT2D eigenvalue weighted by Crippen LogP contribution is -2.20. The van der Waals surface area contributed by atoms with Gasteiger partial charge >= 0.3 is 11.8 Å². The first-order valence-electron chi connectivity index (χ1n) is 3.46. The molecule has 1 aromatic heterocycles. The second-order valence-electron chi connectivity index (χ2n) is 2.29. The lowest BCUT2D eigenvalue weighted by molar-refractivity contribution is -0.119. The Morgan fingerprint density at radius 2 is 2.31 bits per heavy atom. The Morgan fingerprint density at radius 1 is 1.62 bits per heavy atom. The fourth-order valence-electron chi connectivity index (χ4n) is 0.629. The minimum Gasteiger partial charge on any atom is -0.361 e. The quantitative estimate of drug-likeness (QED) is 0.613. The van der Waals surface area contributed by atoms with Gasteiger partial charge in [-0.1, -0.05) is 5.16 Å². The zero-order chi connectivity index (χ0) is 9.84. The molecule has 0 saturated carbocycles. The Morgan fingerprint density at radius 3 is 2.77 bits per heavy atom. The first kappa shape index (κ1) is 9.17. The molecular weight excluding hydrogens is 176 g/mol. The summed E-state index contributed by atoms with van der Waals surface area (Å²) in [6.45, 7) is 1.47. The predicted molar refractivity (Wildman–Crippen MR) is 40.3 cm³/mol. The second-order valence-corrected chi connectivity index (χ2v) is 2.29. The van der Waals surface area contributed by atoms with Crippen LogP contribution in [-0.2, 0) is 11.3 Å². The minimum absolute atomic E-state index is 0.117. The highest BCUT2D eigenvalue weighted by molar-refractivity contribution is 5.87. The summed E-state index contributed by atoms with van der Waals surface area (Å²) in [7, 11) is 0. The van der Waals surface area contributed by atoms with Crippen molar-refractivity contribution in [1.82, 2.24) is 15.5 Å². The summed E-state index contributed by atoms with van der Waals surface area (Å²) in [5.74, 6) is -1.06. The van der Waals surface area contributed by atoms with Crippen LogP contribution in [0, 0.1) is 0 Å². The van der Waals surface area contributed by atoms with Crippen LogP contribution in [0.2, 0.25) is 0 Å². The molecule has 0 spiro atoms. The zero-order valence-electron chi connectivity index (χ0n) is 6.90. The van der Waals surface area contributed by atoms with Crippen LogP contribution in [0.1, 0.15) is 23.4 Å². The monoisotopic (exact) mass is 184 g/mol. The van der Waals surface area contributed by atoms with Gasteiger partial charge in [-0.25, -0.2) is 0 Å². The Kier molecular flexibility index (Phi) is 2.58. The van der Waals surface area contributed by atoms with E-state index in [1.807, 2.05) is 0 Å². The third kappa shape index (κ3) is 2.55. The smallest absolute Gasteiger partial charge is 0.315 e. The van der Waals surface area contributed by atoms with Crippen LogP contribution in [-0.4, -0.2) is 22.0 Å². The number of hydrogen-bond acceptors (Lipinski definition) is 5. The van der Waals surface area contributed by atoms with E-state index in [-0.39, 0.29) is 24.2 Å². The Balaban J connectivity index is 2.59. The van der Waals surface area contributed by atoms with Gasteiger partial charge in [0.05, 0.1) is 6.54 Å². The van der Waals surface area contributed by atoms with Crippen molar-refractivity contribution in [2.24, 2.45) is 5.73 Å². The molecule has 13 heavy (non-hydrogen) atoms. The van der Waals surface area contributed by atoms with Crippen LogP contribution in [0.25, 0.3) is 0 Å². The molecule has 0 aromatic carbocycles. The molecule has 7 heteroatoms. The molecule has 1 rings (SSSR count). The average Bonchev–Trinajstić information content (AvgIpc) is 2.48. The molecule has 1 heterocycles. The van der Waals surface area contributed by atoms with Gasteiger partial charge in [0, 0.05) is 6.92 Å². The molecule has 0 bridgehead atoms. The zero-order valence-corrected chi connectivity index (χ0v) is 6.90. The number of nitrogens with zero attached hydrogens (tertiary/aromatic N) is 2. The maximum atomic E-state index is 10.5. The van der Waals surface area contributed by atoms with Crippen molar-refractivity contribution in [3.8, 4) is 0 Å². The first-order chi connectivity index (χ1) is 6.09. The van der Waals surface area contributed by atoms with Gasteiger partial charge in [0.1, 0.15) is 0 Å². The molecule has 0 aliphatic carbocycles. The molecule has 0 saturated heterocycles. The van der Waals surface area contributed by atoms with E-state index in [4.69, 9.17) is 5.73 Å². The standard InChI is InChI=1S/C6H8N4O3/c1-3(11)8-2-4-9-6(5(7)12)13-10-4/h2H2,1H3,(H2,7,12)(H,8,11). The molecule has 0 aliphatic rings. The molecule has 0 atom stereocenters. The van der Waals surface area contributed by atoms with Crippen molar-refractivity contribution >= 4 is 11.8 Å². The summed E-state index contributed by atoms with van der Waals surface area (Å²) in [4.78, 5) is 24.6. The maximum absolute atomic E-state index is 10.5. The van der Waals surface area contributed by atoms with E-state index in [1.54, 1.807) is 0 Å². The van der Waals surface area contributed by atoms with Gasteiger partial charge in [-0.05, 0) is 0 Å². The van der Waals surface area contributed by atoms with Crippen LogP contribution in [0.15, 0.2) is 4.52 Å². The SMILES string of the molecule is CC(=O)NCc1noc(C(N)=O)n1. The number of carbonyl (C=O) groups excluding carboxylic acids is 2. The van der Waals surface area contributed by atoms with Gasteiger partial charge < -0.3 is 15.6 Å². The average molecular weight is 184 g/mol. The van der Waals surface area contributed by atoms with E-state index in [0.29, 0.717) is 0 Å². The molecule has 2 amide bonds. The fraction of sp³-hybridized carbons (Fsp3) is 0.333. The van der Waals surface area contributed by atoms with E-state index in [2.05, 4.69) is 20.0 Å². The number of primary amides is 1. The summed E-state index contributed by atoms with van der Waals surface area (Å²) in [6.07, 6.45) is 0. The van der Waals surface area contributed by atoms with E-state index in [1.165, 1.54) is 6.92 Å². The van der Waals surface area contributed by atoms with E-state index < -0.39 is 5.91 Å². The number of amides is 2. The Hall–Kier alpha value is -1.92. The van der Waals surface area contributed by atoms with Crippen LogP contribution >= 0.6 is 0 Å². The van der Waals surface area contributed by atoms with Gasteiger partial charge in [0.2, 0.25) is 5.91 Å². The lowest BCUT2D eigenvalue weighted by Gasteiger charge is -1.93. The molecule has 3 N–H and O–H groups in total. The summed E-state index contributed by atoms with van der Waals surface area (Å²) < 4.78 is 4.47. The van der Waals surface area contributed by atoms with Crippen LogP contribution in [0.4, 0.5) is 0 Å². The third-order valence-electron chi connectivity index (χ3n) is 1.17. The van der Waals surface area contributed by atoms with Gasteiger partial charge in [-0.3, -0.25) is 9.59 Å². The largest absolute Gasteiger partial charge is 0.361 e. The minimum atomic E-state index is -0.790. The highest BCUT2D eigenvalue weighted by atomic mass is 16.5. The summed E-state index contributed by atoms with van der Waals surface area (Å²) >= 11 is 0. The van der Waals surface area contributed by atoms with Crippen LogP contribution in [0.5, 0.6) is 0 Å². The molecule has 7 nitrogen and oxygen atoms in total. The first-order valence-corrected chi connectivity index (χ1v) is 3.46. The van der Waals surface area contributed by atoms with Crippen molar-refractivity contribution in [2.75, 3.05) is 0 Å². The molecule has 0 unspecified atom stereocenters. The molecule has 0 aliphatic heterocycles. The molecule has 0 fully saturated rings. The topological polar surface area (TPSA) is 111 Å². The van der Waals surface area contributed by atoms with Crippen molar-refractivity contribution in [2.45, 2.75) is 13.5 Å². The second kappa shape index (κ2) is 3.65. The normalized spacial score (nSPS) is 9.62. The number of nitrogens with two attached hydrogens (primary N) is 1. The third-order valence-corrected chi connectivity index (χ3v) is 1.17. The highest BCUT2D eigenvalue weighted by Gasteiger charge is 2.10. The summed E-state index contributed by atoms with van der Waals surface area (Å²) in [5.41, 5.74) is 4.86. The van der Waals surface area contributed by atoms with Crippen molar-refractivity contribution in [1.29, 1.82) is 0 Å². The van der Waals surface area contributed by atoms with Crippen LogP contribution < -0.4 is 11.1 Å². The number of carbonyl (C=O) groups is 2. The van der Waals surface area contributed by atoms with E-state index in [9.17, 15) is 9.59 Å². The van der Waals surface area contributed by atoms with E-state index in [0.717, 1.165) is 0 Å². The Bertz CT molecular complexity index is 332. The van der Waals surface area contributed by atoms with Gasteiger partial charge in [-0.15, -0.1) is 0 Å². The van der Waals surface area contributed by atoms with Gasteiger partial charge in [0.15, 0.2) is 5.82 Å². The number of aromatic nitrogens is 2. The molecular formula is C6H8N4O3. The maximum Gasteiger partial charge on any atom is 0.315 e. The van der Waals surface area contributed by atoms with Crippen LogP contribution in [0.3, 0.4) is 0 Å². The predicted octanol–water partition coefficient (Wildman–Crippen LogP) is -1.20. The molecule has 70 valence electrons. The van der Waals surface area contributed by atoms with Crippen molar-refractivity contribution < 1.29 is 14.1 Å². The lowest BCUT2D eigenvalue weighted by atomic mass is 10.5. The van der Waals surface area contributed by atoms with Gasteiger partial charge in [-0.2, -0.15) is 4.98 Å². The summed E-state index contributed by atoms with van der Waals surface area (Å²) in [5, 5.41) is 5.85. The summed E-state index contributed by atoms with van der Waals surface area (Å²) in [6, 6.07) is 0. The number of nitrogens with one attached hydrogen (secondary N) is 1. The molecule has 1 aromatic rings. The van der Waals surface area contributed by atoms with E-state index >= 15 is 0 Å². The number of hydrogen-bond donors (Lipinski definition) is 2.